The van der Waals surface area contributed by atoms with Gasteiger partial charge in [0.2, 0.25) is 5.76 Å². The van der Waals surface area contributed by atoms with Gasteiger partial charge in [-0.05, 0) is 26.3 Å². The second kappa shape index (κ2) is 7.59. The number of hydroxylamine groups is 1. The zero-order chi connectivity index (χ0) is 15.9. The van der Waals surface area contributed by atoms with Crippen LogP contribution in [0, 0.1) is 0 Å². The van der Waals surface area contributed by atoms with Crippen LogP contribution >= 0.6 is 0 Å². The highest BCUT2D eigenvalue weighted by Crippen LogP contribution is 2.08. The first-order chi connectivity index (χ1) is 9.83. The number of benzene rings is 1. The molecule has 1 aromatic rings. The van der Waals surface area contributed by atoms with Gasteiger partial charge in [0.15, 0.2) is 12.0 Å². The third-order valence-electron chi connectivity index (χ3n) is 2.32. The third-order valence-corrected chi connectivity index (χ3v) is 2.32. The lowest BCUT2D eigenvalue weighted by molar-refractivity contribution is -0.156. The lowest BCUT2D eigenvalue weighted by Gasteiger charge is -2.23. The number of aliphatic hydroxyl groups excluding tert-OH is 1. The van der Waals surface area contributed by atoms with Crippen molar-refractivity contribution in [2.45, 2.75) is 39.0 Å². The molecule has 0 radical (unpaired) electrons. The molecule has 2 N–H and O–H groups in total. The molecule has 0 aromatic heterocycles. The van der Waals surface area contributed by atoms with Crippen molar-refractivity contribution in [3.8, 4) is 0 Å². The van der Waals surface area contributed by atoms with E-state index in [1.54, 1.807) is 32.9 Å². The largest absolute Gasteiger partial charge is 0.500 e. The van der Waals surface area contributed by atoms with Crippen molar-refractivity contribution in [3.63, 3.8) is 0 Å². The van der Waals surface area contributed by atoms with Gasteiger partial charge in [0.25, 0.3) is 0 Å². The molecule has 0 spiro atoms. The first kappa shape index (κ1) is 16.9. The fourth-order valence-electron chi connectivity index (χ4n) is 1.32. The highest BCUT2D eigenvalue weighted by atomic mass is 16.7. The van der Waals surface area contributed by atoms with Gasteiger partial charge in [-0.2, -0.15) is 5.48 Å². The molecule has 0 bridgehead atoms. The summed E-state index contributed by atoms with van der Waals surface area (Å²) in [5.41, 5.74) is 2.50. The molecule has 0 aliphatic heterocycles. The van der Waals surface area contributed by atoms with Gasteiger partial charge >= 0.3 is 5.97 Å². The summed E-state index contributed by atoms with van der Waals surface area (Å²) >= 11 is 0. The average molecular weight is 293 g/mol. The highest BCUT2D eigenvalue weighted by Gasteiger charge is 2.28. The van der Waals surface area contributed by atoms with Crippen molar-refractivity contribution in [2.24, 2.45) is 0 Å². The standard InChI is InChI=1S/C15H19NO5/c1-15(2,3)21-16-13(12(18)9-17)14(19)20-10-11-7-5-4-6-8-11/h4-8,13,16,18H,10H2,1-3H3/t13-/m0/s1. The number of carbonyl (C=O) groups is 1. The van der Waals surface area contributed by atoms with Crippen LogP contribution in [-0.2, 0) is 25.8 Å². The van der Waals surface area contributed by atoms with E-state index in [0.29, 0.717) is 0 Å². The third kappa shape index (κ3) is 6.23. The minimum Gasteiger partial charge on any atom is -0.500 e. The number of aliphatic hydroxyl groups is 1. The fraction of sp³-hybridized carbons (Fsp3) is 0.400. The van der Waals surface area contributed by atoms with Crippen molar-refractivity contribution in [3.05, 3.63) is 41.7 Å². The van der Waals surface area contributed by atoms with Crippen LogP contribution in [0.15, 0.2) is 36.1 Å². The Morgan fingerprint density at radius 3 is 2.48 bits per heavy atom. The van der Waals surface area contributed by atoms with Crippen molar-refractivity contribution in [2.75, 3.05) is 0 Å². The molecular weight excluding hydrogens is 274 g/mol. The maximum absolute atomic E-state index is 11.9. The Hall–Kier alpha value is -2.14. The summed E-state index contributed by atoms with van der Waals surface area (Å²) in [6.45, 7) is 5.26. The minimum absolute atomic E-state index is 0.0273. The van der Waals surface area contributed by atoms with Crippen molar-refractivity contribution < 1.29 is 24.3 Å². The van der Waals surface area contributed by atoms with E-state index in [1.165, 1.54) is 5.94 Å². The van der Waals surface area contributed by atoms with Crippen LogP contribution < -0.4 is 5.48 Å². The Balaban J connectivity index is 2.65. The van der Waals surface area contributed by atoms with Crippen molar-refractivity contribution in [1.82, 2.24) is 5.48 Å². The first-order valence-corrected chi connectivity index (χ1v) is 6.41. The molecule has 6 nitrogen and oxygen atoms in total. The van der Waals surface area contributed by atoms with Gasteiger partial charge in [-0.25, -0.2) is 9.59 Å². The Morgan fingerprint density at radius 2 is 1.95 bits per heavy atom. The van der Waals surface area contributed by atoms with Crippen molar-refractivity contribution in [1.29, 1.82) is 0 Å². The summed E-state index contributed by atoms with van der Waals surface area (Å²) in [4.78, 5) is 27.6. The SMILES string of the molecule is CC(C)(C)ON[C@H](C(=O)OCc1ccccc1)C(O)=C=O. The van der Waals surface area contributed by atoms with Gasteiger partial charge in [0.05, 0.1) is 5.60 Å². The molecule has 114 valence electrons. The van der Waals surface area contributed by atoms with E-state index >= 15 is 0 Å². The van der Waals surface area contributed by atoms with Gasteiger partial charge < -0.3 is 9.84 Å². The smallest absolute Gasteiger partial charge is 0.334 e. The quantitative estimate of drug-likeness (QED) is 0.359. The number of hydrogen-bond donors (Lipinski definition) is 2. The number of ether oxygens (including phenoxy) is 1. The topological polar surface area (TPSA) is 84.9 Å². The summed E-state index contributed by atoms with van der Waals surface area (Å²) in [5, 5.41) is 9.43. The van der Waals surface area contributed by atoms with Gasteiger partial charge in [-0.3, -0.25) is 4.84 Å². The van der Waals surface area contributed by atoms with Crippen LogP contribution in [0.5, 0.6) is 0 Å². The number of hydrogen-bond acceptors (Lipinski definition) is 6. The van der Waals surface area contributed by atoms with Crippen LogP contribution in [0.4, 0.5) is 0 Å². The fourth-order valence-corrected chi connectivity index (χ4v) is 1.32. The zero-order valence-electron chi connectivity index (χ0n) is 12.3. The second-order valence-corrected chi connectivity index (χ2v) is 5.35. The van der Waals surface area contributed by atoms with Crippen molar-refractivity contribution >= 4 is 11.9 Å². The van der Waals surface area contributed by atoms with E-state index in [0.717, 1.165) is 5.56 Å². The Bertz CT molecular complexity index is 515. The maximum Gasteiger partial charge on any atom is 0.334 e. The minimum atomic E-state index is -1.41. The molecule has 0 amide bonds. The maximum atomic E-state index is 11.9. The molecule has 21 heavy (non-hydrogen) atoms. The molecule has 1 rings (SSSR count). The van der Waals surface area contributed by atoms with E-state index in [-0.39, 0.29) is 6.61 Å². The second-order valence-electron chi connectivity index (χ2n) is 5.35. The van der Waals surface area contributed by atoms with Gasteiger partial charge in [-0.15, -0.1) is 0 Å². The number of carbonyl (C=O) groups excluding carboxylic acids is 2. The predicted octanol–water partition coefficient (Wildman–Crippen LogP) is 1.69. The Kier molecular flexibility index (Phi) is 6.11. The van der Waals surface area contributed by atoms with Crippen LogP contribution in [0.1, 0.15) is 26.3 Å². The molecule has 0 heterocycles. The molecule has 0 aliphatic rings. The number of nitrogens with one attached hydrogen (secondary N) is 1. The van der Waals surface area contributed by atoms with Crippen LogP contribution in [0.25, 0.3) is 0 Å². The monoisotopic (exact) mass is 293 g/mol. The molecule has 0 aliphatic carbocycles. The van der Waals surface area contributed by atoms with E-state index < -0.39 is 23.4 Å². The first-order valence-electron chi connectivity index (χ1n) is 6.41. The summed E-state index contributed by atoms with van der Waals surface area (Å²) in [6.07, 6.45) is 0. The lowest BCUT2D eigenvalue weighted by atomic mass is 10.2. The lowest BCUT2D eigenvalue weighted by Crippen LogP contribution is -2.43. The molecule has 0 fully saturated rings. The summed E-state index contributed by atoms with van der Waals surface area (Å²) in [5.74, 6) is -0.392. The molecule has 0 unspecified atom stereocenters. The summed E-state index contributed by atoms with van der Waals surface area (Å²) < 4.78 is 5.04. The normalized spacial score (nSPS) is 12.3. The predicted molar refractivity (Wildman–Crippen MR) is 75.8 cm³/mol. The Labute approximate surface area is 123 Å². The van der Waals surface area contributed by atoms with Gasteiger partial charge in [0, 0.05) is 0 Å². The number of esters is 1. The van der Waals surface area contributed by atoms with Crippen LogP contribution in [-0.4, -0.2) is 28.7 Å². The van der Waals surface area contributed by atoms with Gasteiger partial charge in [-0.1, -0.05) is 30.3 Å². The van der Waals surface area contributed by atoms with Crippen LogP contribution in [0.2, 0.25) is 0 Å². The molecule has 0 saturated heterocycles. The molecular formula is C15H19NO5. The van der Waals surface area contributed by atoms with E-state index in [2.05, 4.69) is 5.48 Å². The summed E-state index contributed by atoms with van der Waals surface area (Å²) in [7, 11) is 0. The summed E-state index contributed by atoms with van der Waals surface area (Å²) in [6, 6.07) is 7.63. The number of rotatable bonds is 6. The van der Waals surface area contributed by atoms with E-state index in [9.17, 15) is 14.7 Å². The zero-order valence-corrected chi connectivity index (χ0v) is 12.3. The van der Waals surface area contributed by atoms with E-state index in [4.69, 9.17) is 9.57 Å². The van der Waals surface area contributed by atoms with Crippen LogP contribution in [0.3, 0.4) is 0 Å². The average Bonchev–Trinajstić information content (AvgIpc) is 2.44. The highest BCUT2D eigenvalue weighted by molar-refractivity contribution is 5.81. The molecule has 1 aromatic carbocycles. The van der Waals surface area contributed by atoms with E-state index in [1.807, 2.05) is 18.2 Å². The molecule has 1 atom stereocenters. The molecule has 0 saturated carbocycles. The molecule has 6 heteroatoms. The Morgan fingerprint density at radius 1 is 1.33 bits per heavy atom. The van der Waals surface area contributed by atoms with Gasteiger partial charge in [0.1, 0.15) is 6.61 Å².